The van der Waals surface area contributed by atoms with Gasteiger partial charge in [-0.3, -0.25) is 20.2 Å². The average Bonchev–Trinajstić information content (AvgIpc) is 3.22. The summed E-state index contributed by atoms with van der Waals surface area (Å²) in [6, 6.07) is 10.7. The topological polar surface area (TPSA) is 92.8 Å². The molecule has 8 heteroatoms. The van der Waals surface area contributed by atoms with Crippen molar-refractivity contribution in [2.45, 2.75) is 12.5 Å². The van der Waals surface area contributed by atoms with Gasteiger partial charge in [-0.25, -0.2) is 0 Å². The third kappa shape index (κ3) is 2.81. The Morgan fingerprint density at radius 3 is 3.08 bits per heavy atom. The summed E-state index contributed by atoms with van der Waals surface area (Å²) < 4.78 is 5.64. The summed E-state index contributed by atoms with van der Waals surface area (Å²) in [6.07, 6.45) is 1.49. The van der Waals surface area contributed by atoms with Gasteiger partial charge in [-0.05, 0) is 35.9 Å². The van der Waals surface area contributed by atoms with Crippen LogP contribution in [0, 0.1) is 0 Å². The molecule has 3 aromatic rings. The lowest BCUT2D eigenvalue weighted by atomic mass is 10.1. The lowest BCUT2D eigenvalue weighted by Gasteiger charge is -2.08. The highest BCUT2D eigenvalue weighted by molar-refractivity contribution is 6.30. The number of rotatable bonds is 3. The van der Waals surface area contributed by atoms with E-state index in [1.54, 1.807) is 30.5 Å². The summed E-state index contributed by atoms with van der Waals surface area (Å²) in [5, 5.41) is 9.99. The van der Waals surface area contributed by atoms with Crippen LogP contribution in [0.2, 0.25) is 5.02 Å². The number of fused-ring (bicyclic) bond motifs is 1. The van der Waals surface area contributed by atoms with Crippen molar-refractivity contribution in [2.75, 3.05) is 5.32 Å². The fourth-order valence-electron chi connectivity index (χ4n) is 2.49. The Kier molecular flexibility index (Phi) is 3.62. The van der Waals surface area contributed by atoms with Crippen molar-refractivity contribution in [1.82, 2.24) is 20.2 Å². The zero-order chi connectivity index (χ0) is 16.5. The normalized spacial score (nSPS) is 15.6. The van der Waals surface area contributed by atoms with E-state index in [0.717, 1.165) is 5.56 Å². The largest absolute Gasteiger partial charge is 0.480 e. The highest BCUT2D eigenvalue weighted by Crippen LogP contribution is 2.31. The molecule has 0 fully saturated rings. The second-order valence-corrected chi connectivity index (χ2v) is 5.71. The number of carbonyl (C=O) groups is 1. The minimum atomic E-state index is -0.629. The van der Waals surface area contributed by atoms with Crippen LogP contribution in [-0.4, -0.2) is 32.2 Å². The smallest absolute Gasteiger partial charge is 0.268 e. The first-order valence-corrected chi connectivity index (χ1v) is 7.66. The molecule has 7 nitrogen and oxygen atoms in total. The Morgan fingerprint density at radius 2 is 2.25 bits per heavy atom. The second kappa shape index (κ2) is 5.93. The van der Waals surface area contributed by atoms with Gasteiger partial charge in [0.15, 0.2) is 11.9 Å². The molecule has 0 aliphatic carbocycles. The van der Waals surface area contributed by atoms with Crippen molar-refractivity contribution in [3.63, 3.8) is 0 Å². The molecule has 4 rings (SSSR count). The third-order valence-corrected chi connectivity index (χ3v) is 3.85. The van der Waals surface area contributed by atoms with Crippen molar-refractivity contribution in [1.29, 1.82) is 0 Å². The van der Waals surface area contributed by atoms with E-state index in [0.29, 0.717) is 28.7 Å². The van der Waals surface area contributed by atoms with Crippen molar-refractivity contribution in [3.05, 3.63) is 53.2 Å². The van der Waals surface area contributed by atoms with E-state index in [2.05, 4.69) is 25.5 Å². The van der Waals surface area contributed by atoms with Gasteiger partial charge in [0, 0.05) is 17.6 Å². The van der Waals surface area contributed by atoms with Crippen LogP contribution in [-0.2, 0) is 11.2 Å². The number of ether oxygens (including phenoxy) is 1. The Balaban J connectivity index is 1.45. The van der Waals surface area contributed by atoms with E-state index in [9.17, 15) is 4.79 Å². The maximum absolute atomic E-state index is 12.3. The highest BCUT2D eigenvalue weighted by Gasteiger charge is 2.30. The Hall–Kier alpha value is -2.93. The molecule has 0 saturated heterocycles. The number of aromatic amines is 1. The van der Waals surface area contributed by atoms with E-state index >= 15 is 0 Å². The summed E-state index contributed by atoms with van der Waals surface area (Å²) >= 11 is 5.96. The summed E-state index contributed by atoms with van der Waals surface area (Å²) in [5.41, 5.74) is 1.55. The van der Waals surface area contributed by atoms with Crippen LogP contribution in [0.5, 0.6) is 5.75 Å². The Bertz CT molecular complexity index is 896. The van der Waals surface area contributed by atoms with Crippen LogP contribution < -0.4 is 10.1 Å². The zero-order valence-corrected chi connectivity index (χ0v) is 13.1. The number of pyridine rings is 1. The van der Waals surface area contributed by atoms with Gasteiger partial charge in [-0.2, -0.15) is 4.98 Å². The molecule has 1 atom stereocenters. The first-order chi connectivity index (χ1) is 11.7. The SMILES string of the molecule is O=C(Nc1n[nH]c(-c2ccccn2)n1)[C@H]1Cc2cc(Cl)ccc2O1. The Morgan fingerprint density at radius 1 is 1.33 bits per heavy atom. The first kappa shape index (κ1) is 14.6. The number of amides is 1. The molecule has 24 heavy (non-hydrogen) atoms. The number of nitrogens with one attached hydrogen (secondary N) is 2. The molecule has 2 N–H and O–H groups in total. The highest BCUT2D eigenvalue weighted by atomic mass is 35.5. The van der Waals surface area contributed by atoms with Crippen LogP contribution in [0.25, 0.3) is 11.5 Å². The molecule has 0 spiro atoms. The molecular weight excluding hydrogens is 330 g/mol. The molecular formula is C16H12ClN5O2. The molecule has 1 amide bonds. The maximum atomic E-state index is 12.3. The number of aromatic nitrogens is 4. The van der Waals surface area contributed by atoms with E-state index in [1.165, 1.54) is 0 Å². The molecule has 3 heterocycles. The monoisotopic (exact) mass is 341 g/mol. The summed E-state index contributed by atoms with van der Waals surface area (Å²) in [5.74, 6) is 1.02. The van der Waals surface area contributed by atoms with Crippen molar-refractivity contribution < 1.29 is 9.53 Å². The lowest BCUT2D eigenvalue weighted by molar-refractivity contribution is -0.122. The van der Waals surface area contributed by atoms with Gasteiger partial charge in [-0.15, -0.1) is 5.10 Å². The quantitative estimate of drug-likeness (QED) is 0.763. The van der Waals surface area contributed by atoms with Crippen LogP contribution in [0.3, 0.4) is 0 Å². The summed E-state index contributed by atoms with van der Waals surface area (Å²) in [4.78, 5) is 20.7. The minimum Gasteiger partial charge on any atom is -0.480 e. The third-order valence-electron chi connectivity index (χ3n) is 3.62. The molecule has 0 radical (unpaired) electrons. The molecule has 1 aliphatic rings. The number of nitrogens with zero attached hydrogens (tertiary/aromatic N) is 3. The molecule has 1 aromatic carbocycles. The number of carbonyl (C=O) groups excluding carboxylic acids is 1. The zero-order valence-electron chi connectivity index (χ0n) is 12.4. The van der Waals surface area contributed by atoms with Gasteiger partial charge < -0.3 is 4.74 Å². The predicted octanol–water partition coefficient (Wildman–Crippen LogP) is 2.46. The number of hydrogen-bond acceptors (Lipinski definition) is 5. The van der Waals surface area contributed by atoms with Gasteiger partial charge in [0.2, 0.25) is 5.95 Å². The second-order valence-electron chi connectivity index (χ2n) is 5.27. The van der Waals surface area contributed by atoms with E-state index < -0.39 is 6.10 Å². The van der Waals surface area contributed by atoms with Gasteiger partial charge in [0.1, 0.15) is 11.4 Å². The van der Waals surface area contributed by atoms with Gasteiger partial charge in [0.05, 0.1) is 0 Å². The van der Waals surface area contributed by atoms with Crippen LogP contribution in [0.15, 0.2) is 42.6 Å². The summed E-state index contributed by atoms with van der Waals surface area (Å²) in [7, 11) is 0. The molecule has 2 aromatic heterocycles. The summed E-state index contributed by atoms with van der Waals surface area (Å²) in [6.45, 7) is 0. The number of halogens is 1. The van der Waals surface area contributed by atoms with Crippen molar-refractivity contribution >= 4 is 23.5 Å². The fraction of sp³-hybridized carbons (Fsp3) is 0.125. The number of anilines is 1. The standard InChI is InChI=1S/C16H12ClN5O2/c17-10-4-5-12-9(7-10)8-13(24-12)15(23)20-16-19-14(21-22-16)11-3-1-2-6-18-11/h1-7,13H,8H2,(H2,19,20,21,22,23)/t13-/m1/s1. The minimum absolute atomic E-state index is 0.179. The molecule has 0 saturated carbocycles. The van der Waals surface area contributed by atoms with Crippen molar-refractivity contribution in [2.24, 2.45) is 0 Å². The first-order valence-electron chi connectivity index (χ1n) is 7.29. The molecule has 1 aliphatic heterocycles. The van der Waals surface area contributed by atoms with Gasteiger partial charge in [0.25, 0.3) is 5.91 Å². The number of benzene rings is 1. The maximum Gasteiger partial charge on any atom is 0.268 e. The molecule has 120 valence electrons. The Labute approximate surface area is 142 Å². The molecule has 0 bridgehead atoms. The predicted molar refractivity (Wildman–Crippen MR) is 87.8 cm³/mol. The number of H-pyrrole nitrogens is 1. The van der Waals surface area contributed by atoms with E-state index in [1.807, 2.05) is 12.1 Å². The van der Waals surface area contributed by atoms with Crippen LogP contribution in [0.4, 0.5) is 5.95 Å². The van der Waals surface area contributed by atoms with E-state index in [4.69, 9.17) is 16.3 Å². The van der Waals surface area contributed by atoms with E-state index in [-0.39, 0.29) is 11.9 Å². The van der Waals surface area contributed by atoms with Crippen molar-refractivity contribution in [3.8, 4) is 17.3 Å². The van der Waals surface area contributed by atoms with Gasteiger partial charge in [-0.1, -0.05) is 17.7 Å². The fourth-order valence-corrected chi connectivity index (χ4v) is 2.68. The number of hydrogen-bond donors (Lipinski definition) is 2. The van der Waals surface area contributed by atoms with Crippen LogP contribution >= 0.6 is 11.6 Å². The average molecular weight is 342 g/mol. The molecule has 0 unspecified atom stereocenters. The van der Waals surface area contributed by atoms with Gasteiger partial charge >= 0.3 is 0 Å². The lowest BCUT2D eigenvalue weighted by Crippen LogP contribution is -2.31. The van der Waals surface area contributed by atoms with Crippen LogP contribution in [0.1, 0.15) is 5.56 Å².